The smallest absolute Gasteiger partial charge is 0.217 e. The number of fused-ring (bicyclic) bond motifs is 4. The highest BCUT2D eigenvalue weighted by Gasteiger charge is 2.49. The Morgan fingerprint density at radius 1 is 1.21 bits per heavy atom. The number of thiophene rings is 1. The number of aryl methyl sites for hydroxylation is 2. The van der Waals surface area contributed by atoms with Crippen LogP contribution in [0.2, 0.25) is 0 Å². The van der Waals surface area contributed by atoms with Gasteiger partial charge in [0, 0.05) is 49.4 Å². The molecule has 5 heterocycles. The molecule has 12 heteroatoms. The predicted octanol–water partition coefficient (Wildman–Crippen LogP) is 4.49. The first-order valence-corrected chi connectivity index (χ1v) is 15.7. The SMILES string of the molecule is CO[C@@H]1C[C@@H]([C@H](C)Oc2cc(-c3ccn(C)n3)nc(-c3noc4c3CCC[C@@]43CCCc4sc(N)c(C#N)c43)n2)N(C)C1. The van der Waals surface area contributed by atoms with Gasteiger partial charge in [0.05, 0.1) is 22.8 Å². The lowest BCUT2D eigenvalue weighted by atomic mass is 9.63. The molecular formula is C31H36N8O3S. The summed E-state index contributed by atoms with van der Waals surface area (Å²) in [5.41, 5.74) is 10.6. The van der Waals surface area contributed by atoms with Crippen molar-refractivity contribution in [3.05, 3.63) is 45.7 Å². The molecule has 1 fully saturated rings. The van der Waals surface area contributed by atoms with Gasteiger partial charge in [-0.25, -0.2) is 4.98 Å². The minimum absolute atomic E-state index is 0.131. The number of anilines is 1. The summed E-state index contributed by atoms with van der Waals surface area (Å²) >= 11 is 1.54. The molecule has 43 heavy (non-hydrogen) atoms. The van der Waals surface area contributed by atoms with Crippen molar-refractivity contribution in [1.29, 1.82) is 5.26 Å². The minimum Gasteiger partial charge on any atom is -0.473 e. The topological polar surface area (TPSA) is 141 Å². The van der Waals surface area contributed by atoms with Crippen LogP contribution in [-0.4, -0.2) is 68.8 Å². The molecule has 0 aromatic carbocycles. The zero-order valence-electron chi connectivity index (χ0n) is 25.0. The molecule has 2 aliphatic carbocycles. The molecule has 0 saturated carbocycles. The number of nitrogen functional groups attached to an aromatic ring is 1. The Labute approximate surface area is 254 Å². The molecule has 3 aliphatic rings. The predicted molar refractivity (Wildman–Crippen MR) is 162 cm³/mol. The van der Waals surface area contributed by atoms with Crippen molar-refractivity contribution in [2.45, 2.75) is 75.5 Å². The molecule has 4 aromatic heterocycles. The quantitative estimate of drug-likeness (QED) is 0.336. The summed E-state index contributed by atoms with van der Waals surface area (Å²) in [6.07, 6.45) is 8.28. The number of nitriles is 1. The molecule has 1 aliphatic heterocycles. The van der Waals surface area contributed by atoms with E-state index in [1.807, 2.05) is 25.4 Å². The number of methoxy groups -OCH3 is 1. The molecule has 4 aromatic rings. The number of rotatable bonds is 6. The number of likely N-dealkylation sites (tertiary alicyclic amines) is 1. The second-order valence-corrected chi connectivity index (χ2v) is 13.2. The van der Waals surface area contributed by atoms with Gasteiger partial charge >= 0.3 is 0 Å². The maximum atomic E-state index is 10.1. The number of nitrogens with two attached hydrogens (primary N) is 1. The van der Waals surface area contributed by atoms with Crippen molar-refractivity contribution in [2.75, 3.05) is 26.4 Å². The summed E-state index contributed by atoms with van der Waals surface area (Å²) in [6, 6.07) is 6.35. The van der Waals surface area contributed by atoms with Gasteiger partial charge in [-0.2, -0.15) is 15.3 Å². The van der Waals surface area contributed by atoms with Gasteiger partial charge in [-0.3, -0.25) is 9.58 Å². The van der Waals surface area contributed by atoms with Gasteiger partial charge in [0.25, 0.3) is 0 Å². The highest BCUT2D eigenvalue weighted by atomic mass is 32.1. The lowest BCUT2D eigenvalue weighted by molar-refractivity contribution is 0.108. The molecule has 2 N–H and O–H groups in total. The third-order valence-electron chi connectivity index (χ3n) is 9.49. The van der Waals surface area contributed by atoms with E-state index in [1.54, 1.807) is 11.8 Å². The van der Waals surface area contributed by atoms with Gasteiger partial charge in [-0.05, 0) is 70.5 Å². The largest absolute Gasteiger partial charge is 0.473 e. The van der Waals surface area contributed by atoms with E-state index in [0.717, 1.165) is 74.1 Å². The van der Waals surface area contributed by atoms with Crippen LogP contribution in [0.4, 0.5) is 5.00 Å². The molecule has 11 nitrogen and oxygen atoms in total. The normalized spacial score (nSPS) is 24.1. The maximum absolute atomic E-state index is 10.1. The van der Waals surface area contributed by atoms with Crippen molar-refractivity contribution in [2.24, 2.45) is 7.05 Å². The van der Waals surface area contributed by atoms with E-state index in [9.17, 15) is 5.26 Å². The average Bonchev–Trinajstić information content (AvgIpc) is 3.78. The first kappa shape index (κ1) is 28.0. The molecule has 0 unspecified atom stereocenters. The monoisotopic (exact) mass is 600 g/mol. The Hall–Kier alpha value is -3.79. The zero-order chi connectivity index (χ0) is 29.9. The third-order valence-corrected chi connectivity index (χ3v) is 10.6. The van der Waals surface area contributed by atoms with Crippen molar-refractivity contribution >= 4 is 16.3 Å². The van der Waals surface area contributed by atoms with Crippen LogP contribution >= 0.6 is 11.3 Å². The summed E-state index contributed by atoms with van der Waals surface area (Å²) in [7, 11) is 5.74. The van der Waals surface area contributed by atoms with Crippen molar-refractivity contribution in [1.82, 2.24) is 29.8 Å². The number of hydrogen-bond acceptors (Lipinski definition) is 11. The lowest BCUT2D eigenvalue weighted by Crippen LogP contribution is -2.38. The summed E-state index contributed by atoms with van der Waals surface area (Å²) in [6.45, 7) is 2.93. The van der Waals surface area contributed by atoms with Crippen molar-refractivity contribution < 1.29 is 14.0 Å². The fraction of sp³-hybridized carbons (Fsp3) is 0.516. The number of nitrogens with zero attached hydrogens (tertiary/aromatic N) is 7. The van der Waals surface area contributed by atoms with E-state index in [4.69, 9.17) is 29.7 Å². The average molecular weight is 601 g/mol. The van der Waals surface area contributed by atoms with E-state index in [0.29, 0.717) is 33.7 Å². The Morgan fingerprint density at radius 2 is 2.02 bits per heavy atom. The highest BCUT2D eigenvalue weighted by molar-refractivity contribution is 7.16. The van der Waals surface area contributed by atoms with E-state index < -0.39 is 5.41 Å². The number of ether oxygens (including phenoxy) is 2. The number of likely N-dealkylation sites (N-methyl/N-ethyl adjacent to an activating group) is 1. The van der Waals surface area contributed by atoms with Crippen LogP contribution < -0.4 is 10.5 Å². The summed E-state index contributed by atoms with van der Waals surface area (Å²) in [5, 5.41) is 19.8. The molecule has 7 rings (SSSR count). The van der Waals surface area contributed by atoms with Crippen LogP contribution in [0.1, 0.15) is 66.4 Å². The molecular weight excluding hydrogens is 564 g/mol. The molecule has 1 saturated heterocycles. The van der Waals surface area contributed by atoms with Crippen LogP contribution in [-0.2, 0) is 30.0 Å². The lowest BCUT2D eigenvalue weighted by Gasteiger charge is -2.39. The summed E-state index contributed by atoms with van der Waals surface area (Å²) < 4.78 is 20.1. The van der Waals surface area contributed by atoms with Crippen LogP contribution in [0.25, 0.3) is 22.9 Å². The standard InChI is InChI=1S/C31H36N8O3S/c1-17(23-13-18(40-4)16-38(23)2)41-25-14-22(21-9-12-39(3)36-21)34-30(35-25)27-19-7-5-10-31(28(19)42-37-27)11-6-8-24-26(31)20(15-32)29(33)43-24/h9,12,14,17-18,23H,5-8,10-11,13,16,33H2,1-4H3/t17-,18+,23-,31-/m0/s1. The van der Waals surface area contributed by atoms with Crippen molar-refractivity contribution in [3.63, 3.8) is 0 Å². The van der Waals surface area contributed by atoms with Gasteiger partial charge in [0.1, 0.15) is 22.9 Å². The Balaban J connectivity index is 1.31. The van der Waals surface area contributed by atoms with E-state index in [1.165, 1.54) is 16.2 Å². The number of hydrogen-bond donors (Lipinski definition) is 1. The van der Waals surface area contributed by atoms with E-state index in [2.05, 4.69) is 35.2 Å². The van der Waals surface area contributed by atoms with Crippen LogP contribution in [0.15, 0.2) is 22.9 Å². The number of aromatic nitrogens is 5. The Morgan fingerprint density at radius 3 is 2.74 bits per heavy atom. The van der Waals surface area contributed by atoms with Gasteiger partial charge < -0.3 is 19.7 Å². The van der Waals surface area contributed by atoms with Gasteiger partial charge in [0.2, 0.25) is 5.88 Å². The first-order chi connectivity index (χ1) is 20.8. The summed E-state index contributed by atoms with van der Waals surface area (Å²) in [4.78, 5) is 13.3. The van der Waals surface area contributed by atoms with Gasteiger partial charge in [-0.15, -0.1) is 11.3 Å². The second kappa shape index (κ2) is 10.7. The van der Waals surface area contributed by atoms with Gasteiger partial charge in [-0.1, -0.05) is 5.16 Å². The van der Waals surface area contributed by atoms with E-state index >= 15 is 0 Å². The molecule has 0 radical (unpaired) electrons. The van der Waals surface area contributed by atoms with E-state index in [-0.39, 0.29) is 18.2 Å². The molecule has 4 atom stereocenters. The van der Waals surface area contributed by atoms with Crippen LogP contribution in [0, 0.1) is 11.3 Å². The van der Waals surface area contributed by atoms with Crippen LogP contribution in [0.5, 0.6) is 5.88 Å². The molecule has 224 valence electrons. The van der Waals surface area contributed by atoms with Gasteiger partial charge in [0.15, 0.2) is 17.3 Å². The molecule has 0 amide bonds. The molecule has 0 bridgehead atoms. The maximum Gasteiger partial charge on any atom is 0.217 e. The third kappa shape index (κ3) is 4.61. The Bertz CT molecular complexity index is 1720. The summed E-state index contributed by atoms with van der Waals surface area (Å²) in [5.74, 6) is 1.74. The zero-order valence-corrected chi connectivity index (χ0v) is 25.8. The molecule has 1 spiro atoms. The first-order valence-electron chi connectivity index (χ1n) is 14.9. The fourth-order valence-electron chi connectivity index (χ4n) is 7.46. The highest BCUT2D eigenvalue weighted by Crippen LogP contribution is 2.55. The Kier molecular flexibility index (Phi) is 6.99. The van der Waals surface area contributed by atoms with Crippen molar-refractivity contribution in [3.8, 4) is 34.9 Å². The second-order valence-electron chi connectivity index (χ2n) is 12.1. The fourth-order valence-corrected chi connectivity index (χ4v) is 8.62. The minimum atomic E-state index is -0.414. The van der Waals surface area contributed by atoms with Crippen LogP contribution in [0.3, 0.4) is 0 Å².